The Morgan fingerprint density at radius 2 is 1.67 bits per heavy atom. The van der Waals surface area contributed by atoms with Crippen molar-refractivity contribution in [3.63, 3.8) is 0 Å². The monoisotopic (exact) mass is 207 g/mol. The van der Waals surface area contributed by atoms with E-state index in [1.807, 2.05) is 6.92 Å². The van der Waals surface area contributed by atoms with Gasteiger partial charge in [0.15, 0.2) is 0 Å². The molecule has 0 radical (unpaired) electrons. The van der Waals surface area contributed by atoms with Gasteiger partial charge in [-0.3, -0.25) is 0 Å². The number of nitrogen functional groups attached to an aromatic ring is 1. The summed E-state index contributed by atoms with van der Waals surface area (Å²) < 4.78 is 0. The highest BCUT2D eigenvalue weighted by atomic mass is 15.0. The summed E-state index contributed by atoms with van der Waals surface area (Å²) >= 11 is 0. The lowest BCUT2D eigenvalue weighted by Crippen LogP contribution is -2.20. The highest BCUT2D eigenvalue weighted by Crippen LogP contribution is 2.30. The van der Waals surface area contributed by atoms with Crippen LogP contribution in [-0.4, -0.2) is 9.97 Å². The lowest BCUT2D eigenvalue weighted by atomic mass is 9.84. The first-order valence-corrected chi connectivity index (χ1v) is 5.38. The Balaban J connectivity index is 3.47. The lowest BCUT2D eigenvalue weighted by molar-refractivity contribution is 0.551. The molecule has 0 spiro atoms. The molecule has 0 saturated heterocycles. The minimum Gasteiger partial charge on any atom is -0.368 e. The van der Waals surface area contributed by atoms with Crippen LogP contribution in [0.5, 0.6) is 0 Å². The van der Waals surface area contributed by atoms with Gasteiger partial charge in [-0.2, -0.15) is 0 Å². The van der Waals surface area contributed by atoms with Crippen LogP contribution in [0.1, 0.15) is 57.5 Å². The first-order chi connectivity index (χ1) is 6.73. The van der Waals surface area contributed by atoms with Gasteiger partial charge in [0.25, 0.3) is 0 Å². The van der Waals surface area contributed by atoms with E-state index >= 15 is 0 Å². The first-order valence-electron chi connectivity index (χ1n) is 5.38. The minimum atomic E-state index is 0.0153. The highest BCUT2D eigenvalue weighted by Gasteiger charge is 2.23. The lowest BCUT2D eigenvalue weighted by Gasteiger charge is -2.24. The molecule has 15 heavy (non-hydrogen) atoms. The quantitative estimate of drug-likeness (QED) is 0.770. The third kappa shape index (κ3) is 2.46. The van der Waals surface area contributed by atoms with Gasteiger partial charge in [0.2, 0.25) is 5.95 Å². The second-order valence-corrected chi connectivity index (χ2v) is 5.33. The Morgan fingerprint density at radius 1 is 1.13 bits per heavy atom. The van der Waals surface area contributed by atoms with E-state index in [9.17, 15) is 0 Å². The number of nitrogens with zero attached hydrogens (tertiary/aromatic N) is 2. The fourth-order valence-electron chi connectivity index (χ4n) is 1.87. The van der Waals surface area contributed by atoms with Crippen LogP contribution in [-0.2, 0) is 5.41 Å². The van der Waals surface area contributed by atoms with E-state index in [2.05, 4.69) is 44.6 Å². The normalized spacial score (nSPS) is 12.2. The molecular formula is C12H21N3. The Bertz CT molecular complexity index is 362. The third-order valence-corrected chi connectivity index (χ3v) is 2.44. The van der Waals surface area contributed by atoms with Gasteiger partial charge in [0.1, 0.15) is 0 Å². The predicted molar refractivity (Wildman–Crippen MR) is 64.0 cm³/mol. The smallest absolute Gasteiger partial charge is 0.220 e. The molecule has 0 amide bonds. The van der Waals surface area contributed by atoms with E-state index < -0.39 is 0 Å². The molecule has 0 unspecified atom stereocenters. The van der Waals surface area contributed by atoms with E-state index in [1.165, 1.54) is 5.56 Å². The molecule has 1 heterocycles. The number of hydrogen-bond donors (Lipinski definition) is 1. The van der Waals surface area contributed by atoms with Crippen LogP contribution in [0.2, 0.25) is 0 Å². The van der Waals surface area contributed by atoms with Gasteiger partial charge >= 0.3 is 0 Å². The number of hydrogen-bond acceptors (Lipinski definition) is 3. The summed E-state index contributed by atoms with van der Waals surface area (Å²) in [4.78, 5) is 8.63. The summed E-state index contributed by atoms with van der Waals surface area (Å²) in [7, 11) is 0. The zero-order valence-electron chi connectivity index (χ0n) is 10.5. The van der Waals surface area contributed by atoms with Gasteiger partial charge < -0.3 is 5.73 Å². The summed E-state index contributed by atoms with van der Waals surface area (Å²) in [6.45, 7) is 12.8. The maximum Gasteiger partial charge on any atom is 0.220 e. The maximum absolute atomic E-state index is 5.70. The molecule has 3 heteroatoms. The molecule has 1 aromatic rings. The van der Waals surface area contributed by atoms with E-state index in [0.29, 0.717) is 11.9 Å². The molecule has 0 aliphatic carbocycles. The number of aryl methyl sites for hydroxylation is 1. The van der Waals surface area contributed by atoms with Crippen molar-refractivity contribution in [3.05, 3.63) is 17.0 Å². The van der Waals surface area contributed by atoms with Crippen LogP contribution >= 0.6 is 0 Å². The zero-order valence-corrected chi connectivity index (χ0v) is 10.5. The summed E-state index contributed by atoms with van der Waals surface area (Å²) in [5, 5.41) is 0. The van der Waals surface area contributed by atoms with Crippen LogP contribution in [0.15, 0.2) is 0 Å². The molecule has 3 nitrogen and oxygen atoms in total. The Hall–Kier alpha value is -1.12. The second-order valence-electron chi connectivity index (χ2n) is 5.33. The average Bonchev–Trinajstić information content (AvgIpc) is 1.99. The predicted octanol–water partition coefficient (Wildman–Crippen LogP) is 2.79. The molecule has 1 aromatic heterocycles. The molecule has 0 saturated carbocycles. The number of anilines is 1. The van der Waals surface area contributed by atoms with Crippen molar-refractivity contribution in [1.82, 2.24) is 9.97 Å². The molecule has 0 atom stereocenters. The van der Waals surface area contributed by atoms with Crippen molar-refractivity contribution in [2.75, 3.05) is 5.73 Å². The number of rotatable bonds is 1. The van der Waals surface area contributed by atoms with Gasteiger partial charge in [0.05, 0.1) is 5.69 Å². The van der Waals surface area contributed by atoms with Crippen LogP contribution in [0.3, 0.4) is 0 Å². The Labute approximate surface area is 92.1 Å². The van der Waals surface area contributed by atoms with Crippen molar-refractivity contribution >= 4 is 5.95 Å². The summed E-state index contributed by atoms with van der Waals surface area (Å²) in [6, 6.07) is 0. The van der Waals surface area contributed by atoms with E-state index in [1.54, 1.807) is 0 Å². The SMILES string of the molecule is Cc1nc(N)nc(C(C)(C)C)c1C(C)C. The van der Waals surface area contributed by atoms with Crippen LogP contribution in [0.25, 0.3) is 0 Å². The summed E-state index contributed by atoms with van der Waals surface area (Å²) in [5.74, 6) is 0.807. The van der Waals surface area contributed by atoms with E-state index in [0.717, 1.165) is 11.4 Å². The molecule has 1 rings (SSSR count). The van der Waals surface area contributed by atoms with Gasteiger partial charge in [-0.05, 0) is 18.4 Å². The van der Waals surface area contributed by atoms with Crippen molar-refractivity contribution in [3.8, 4) is 0 Å². The summed E-state index contributed by atoms with van der Waals surface area (Å²) in [6.07, 6.45) is 0. The molecule has 84 valence electrons. The van der Waals surface area contributed by atoms with Crippen molar-refractivity contribution < 1.29 is 0 Å². The Kier molecular flexibility index (Phi) is 3.03. The molecule has 2 N–H and O–H groups in total. The van der Waals surface area contributed by atoms with E-state index in [-0.39, 0.29) is 5.41 Å². The van der Waals surface area contributed by atoms with Crippen LogP contribution in [0, 0.1) is 6.92 Å². The first kappa shape index (κ1) is 12.0. The fourth-order valence-corrected chi connectivity index (χ4v) is 1.87. The fraction of sp³-hybridized carbons (Fsp3) is 0.667. The number of aromatic nitrogens is 2. The second kappa shape index (κ2) is 3.80. The number of nitrogens with two attached hydrogens (primary N) is 1. The molecule has 0 bridgehead atoms. The summed E-state index contributed by atoms with van der Waals surface area (Å²) in [5.41, 5.74) is 9.03. The maximum atomic E-state index is 5.70. The highest BCUT2D eigenvalue weighted by molar-refractivity contribution is 5.37. The molecule has 0 fully saturated rings. The van der Waals surface area contributed by atoms with Crippen molar-refractivity contribution in [2.45, 2.75) is 52.9 Å². The van der Waals surface area contributed by atoms with Crippen molar-refractivity contribution in [1.29, 1.82) is 0 Å². The minimum absolute atomic E-state index is 0.0153. The van der Waals surface area contributed by atoms with Crippen LogP contribution in [0.4, 0.5) is 5.95 Å². The van der Waals surface area contributed by atoms with Crippen LogP contribution < -0.4 is 5.73 Å². The standard InChI is InChI=1S/C12H21N3/c1-7(2)9-8(3)14-11(13)15-10(9)12(4,5)6/h7H,1-6H3,(H2,13,14,15). The largest absolute Gasteiger partial charge is 0.368 e. The Morgan fingerprint density at radius 3 is 2.07 bits per heavy atom. The molecule has 0 aromatic carbocycles. The van der Waals surface area contributed by atoms with E-state index in [4.69, 9.17) is 5.73 Å². The molecule has 0 aliphatic heterocycles. The zero-order chi connectivity index (χ0) is 11.8. The molecular weight excluding hydrogens is 186 g/mol. The van der Waals surface area contributed by atoms with Crippen molar-refractivity contribution in [2.24, 2.45) is 0 Å². The topological polar surface area (TPSA) is 51.8 Å². The van der Waals surface area contributed by atoms with Gasteiger partial charge in [-0.1, -0.05) is 34.6 Å². The average molecular weight is 207 g/mol. The van der Waals surface area contributed by atoms with Gasteiger partial charge in [0, 0.05) is 11.1 Å². The van der Waals surface area contributed by atoms with Gasteiger partial charge in [-0.15, -0.1) is 0 Å². The third-order valence-electron chi connectivity index (χ3n) is 2.44. The van der Waals surface area contributed by atoms with Gasteiger partial charge in [-0.25, -0.2) is 9.97 Å². The molecule has 0 aliphatic rings.